The van der Waals surface area contributed by atoms with Crippen LogP contribution in [0.1, 0.15) is 5.56 Å². The van der Waals surface area contributed by atoms with Crippen molar-refractivity contribution in [3.8, 4) is 0 Å². The van der Waals surface area contributed by atoms with E-state index in [1.54, 1.807) is 25.2 Å². The number of hydrogen-bond donors (Lipinski definition) is 2. The molecule has 138 valence electrons. The van der Waals surface area contributed by atoms with Crippen molar-refractivity contribution in [1.82, 2.24) is 15.5 Å². The number of nitrogens with zero attached hydrogens (tertiary/aromatic N) is 2. The Kier molecular flexibility index (Phi) is 11.0. The summed E-state index contributed by atoms with van der Waals surface area (Å²) in [6.45, 7) is 0.0532. The number of nitrogens with one attached hydrogen (secondary N) is 2. The molecule has 0 radical (unpaired) electrons. The zero-order valence-electron chi connectivity index (χ0n) is 13.3. The minimum atomic E-state index is -4.19. The molecule has 2 N–H and O–H groups in total. The molecule has 10 heteroatoms. The molecular formula is C14H20Cl2F3IN4. The largest absolute Gasteiger partial charge is 0.401 e. The van der Waals surface area contributed by atoms with Crippen molar-refractivity contribution in [2.24, 2.45) is 4.99 Å². The maximum Gasteiger partial charge on any atom is 0.401 e. The Balaban J connectivity index is 0.00000529. The lowest BCUT2D eigenvalue weighted by atomic mass is 10.2. The molecule has 0 saturated carbocycles. The third-order valence-electron chi connectivity index (χ3n) is 2.92. The van der Waals surface area contributed by atoms with E-state index in [0.717, 1.165) is 5.56 Å². The fraction of sp³-hybridized carbons (Fsp3) is 0.500. The standard InChI is InChI=1S/C14H19Cl2F3N4.HI/c1-20-13(21-5-6-23(2)9-14(17,18)19)22-8-10-3-4-11(15)7-12(10)16;/h3-4,7H,5-6,8-9H2,1-2H3,(H2,20,21,22);1H. The lowest BCUT2D eigenvalue weighted by Crippen LogP contribution is -2.42. The highest BCUT2D eigenvalue weighted by molar-refractivity contribution is 14.0. The summed E-state index contributed by atoms with van der Waals surface area (Å²) in [6.07, 6.45) is -4.19. The minimum absolute atomic E-state index is 0. The third-order valence-corrected chi connectivity index (χ3v) is 3.51. The number of benzene rings is 1. The van der Waals surface area contributed by atoms with E-state index in [9.17, 15) is 13.2 Å². The maximum atomic E-state index is 12.2. The van der Waals surface area contributed by atoms with Crippen LogP contribution >= 0.6 is 47.2 Å². The summed E-state index contributed by atoms with van der Waals surface area (Å²) in [5.41, 5.74) is 0.841. The van der Waals surface area contributed by atoms with Gasteiger partial charge in [0, 0.05) is 36.7 Å². The molecule has 1 aromatic carbocycles. The lowest BCUT2D eigenvalue weighted by molar-refractivity contribution is -0.142. The van der Waals surface area contributed by atoms with Crippen molar-refractivity contribution in [2.75, 3.05) is 33.7 Å². The Morgan fingerprint density at radius 2 is 1.92 bits per heavy atom. The van der Waals surface area contributed by atoms with Crippen LogP contribution in [0.5, 0.6) is 0 Å². The minimum Gasteiger partial charge on any atom is -0.355 e. The van der Waals surface area contributed by atoms with Crippen LogP contribution in [0.15, 0.2) is 23.2 Å². The van der Waals surface area contributed by atoms with Gasteiger partial charge in [-0.3, -0.25) is 9.89 Å². The zero-order valence-corrected chi connectivity index (χ0v) is 17.1. The summed E-state index contributed by atoms with van der Waals surface area (Å²) >= 11 is 11.9. The average Bonchev–Trinajstić information content (AvgIpc) is 2.42. The van der Waals surface area contributed by atoms with Crippen LogP contribution in [0.4, 0.5) is 13.2 Å². The normalized spacial score (nSPS) is 12.1. The number of rotatable bonds is 6. The SMILES string of the molecule is CN=C(NCCN(C)CC(F)(F)F)NCc1ccc(Cl)cc1Cl.I. The van der Waals surface area contributed by atoms with Crippen LogP contribution in [0.3, 0.4) is 0 Å². The monoisotopic (exact) mass is 498 g/mol. The van der Waals surface area contributed by atoms with Crippen molar-refractivity contribution < 1.29 is 13.2 Å². The molecule has 0 aliphatic heterocycles. The van der Waals surface area contributed by atoms with Gasteiger partial charge in [-0.15, -0.1) is 24.0 Å². The Hall–Kier alpha value is -0.450. The summed E-state index contributed by atoms with van der Waals surface area (Å²) in [5.74, 6) is 0.483. The molecule has 1 aromatic rings. The van der Waals surface area contributed by atoms with Gasteiger partial charge in [-0.25, -0.2) is 0 Å². The van der Waals surface area contributed by atoms with Crippen molar-refractivity contribution in [3.63, 3.8) is 0 Å². The summed E-state index contributed by atoms with van der Waals surface area (Å²) in [7, 11) is 3.00. The van der Waals surface area contributed by atoms with Crippen LogP contribution in [-0.2, 0) is 6.54 Å². The predicted molar refractivity (Wildman–Crippen MR) is 104 cm³/mol. The highest BCUT2D eigenvalue weighted by atomic mass is 127. The van der Waals surface area contributed by atoms with E-state index in [-0.39, 0.29) is 30.5 Å². The highest BCUT2D eigenvalue weighted by Gasteiger charge is 2.28. The maximum absolute atomic E-state index is 12.2. The Bertz CT molecular complexity index is 541. The van der Waals surface area contributed by atoms with Crippen LogP contribution in [-0.4, -0.2) is 50.8 Å². The molecule has 4 nitrogen and oxygen atoms in total. The van der Waals surface area contributed by atoms with Crippen LogP contribution in [0, 0.1) is 0 Å². The topological polar surface area (TPSA) is 39.7 Å². The molecule has 0 aliphatic carbocycles. The smallest absolute Gasteiger partial charge is 0.355 e. The van der Waals surface area contributed by atoms with Gasteiger partial charge in [0.05, 0.1) is 6.54 Å². The lowest BCUT2D eigenvalue weighted by Gasteiger charge is -2.19. The molecule has 0 heterocycles. The van der Waals surface area contributed by atoms with Crippen molar-refractivity contribution in [3.05, 3.63) is 33.8 Å². The van der Waals surface area contributed by atoms with Crippen molar-refractivity contribution >= 4 is 53.1 Å². The second kappa shape index (κ2) is 11.2. The van der Waals surface area contributed by atoms with Crippen molar-refractivity contribution in [2.45, 2.75) is 12.7 Å². The quantitative estimate of drug-likeness (QED) is 0.356. The average molecular weight is 499 g/mol. The molecule has 0 aromatic heterocycles. The van der Waals surface area contributed by atoms with E-state index in [2.05, 4.69) is 15.6 Å². The molecule has 0 spiro atoms. The van der Waals surface area contributed by atoms with Gasteiger partial charge in [-0.05, 0) is 24.7 Å². The summed E-state index contributed by atoms with van der Waals surface area (Å²) < 4.78 is 36.6. The summed E-state index contributed by atoms with van der Waals surface area (Å²) in [5, 5.41) is 7.07. The Morgan fingerprint density at radius 1 is 1.25 bits per heavy atom. The van der Waals surface area contributed by atoms with E-state index in [1.807, 2.05) is 0 Å². The first-order valence-electron chi connectivity index (χ1n) is 6.85. The number of likely N-dealkylation sites (N-methyl/N-ethyl adjacent to an activating group) is 1. The van der Waals surface area contributed by atoms with Crippen LogP contribution < -0.4 is 10.6 Å². The number of guanidine groups is 1. The molecule has 0 saturated heterocycles. The Labute approximate surface area is 166 Å². The molecule has 0 bridgehead atoms. The molecule has 0 atom stereocenters. The van der Waals surface area contributed by atoms with E-state index >= 15 is 0 Å². The van der Waals surface area contributed by atoms with Crippen LogP contribution in [0.25, 0.3) is 0 Å². The summed E-state index contributed by atoms with van der Waals surface area (Å²) in [6, 6.07) is 5.16. The first-order valence-corrected chi connectivity index (χ1v) is 7.60. The first-order chi connectivity index (χ1) is 10.7. The first kappa shape index (κ1) is 23.5. The Morgan fingerprint density at radius 3 is 2.46 bits per heavy atom. The van der Waals surface area contributed by atoms with Gasteiger partial charge < -0.3 is 10.6 Å². The predicted octanol–water partition coefficient (Wildman–Crippen LogP) is 3.77. The number of aliphatic imine (C=N–C) groups is 1. The van der Waals surface area contributed by atoms with Gasteiger partial charge in [0.25, 0.3) is 0 Å². The second-order valence-corrected chi connectivity index (χ2v) is 5.78. The van der Waals surface area contributed by atoms with E-state index in [0.29, 0.717) is 29.1 Å². The molecule has 0 unspecified atom stereocenters. The van der Waals surface area contributed by atoms with E-state index in [1.165, 1.54) is 11.9 Å². The third kappa shape index (κ3) is 9.75. The molecular weight excluding hydrogens is 479 g/mol. The second-order valence-electron chi connectivity index (χ2n) is 4.94. The van der Waals surface area contributed by atoms with Crippen LogP contribution in [0.2, 0.25) is 10.0 Å². The van der Waals surface area contributed by atoms with Gasteiger partial charge in [0.2, 0.25) is 0 Å². The van der Waals surface area contributed by atoms with Crippen molar-refractivity contribution in [1.29, 1.82) is 0 Å². The van der Waals surface area contributed by atoms with Gasteiger partial charge >= 0.3 is 6.18 Å². The fourth-order valence-electron chi connectivity index (χ4n) is 1.81. The number of alkyl halides is 3. The molecule has 0 fully saturated rings. The number of hydrogen-bond acceptors (Lipinski definition) is 2. The van der Waals surface area contributed by atoms with Gasteiger partial charge in [-0.2, -0.15) is 13.2 Å². The van der Waals surface area contributed by atoms with E-state index < -0.39 is 12.7 Å². The highest BCUT2D eigenvalue weighted by Crippen LogP contribution is 2.20. The fourth-order valence-corrected chi connectivity index (χ4v) is 2.29. The summed E-state index contributed by atoms with van der Waals surface area (Å²) in [4.78, 5) is 5.20. The number of halogens is 6. The van der Waals surface area contributed by atoms with Gasteiger partial charge in [0.15, 0.2) is 5.96 Å². The zero-order chi connectivity index (χ0) is 17.5. The van der Waals surface area contributed by atoms with Gasteiger partial charge in [0.1, 0.15) is 0 Å². The molecule has 24 heavy (non-hydrogen) atoms. The molecule has 1 rings (SSSR count). The molecule has 0 amide bonds. The van der Waals surface area contributed by atoms with E-state index in [4.69, 9.17) is 23.2 Å². The molecule has 0 aliphatic rings. The van der Waals surface area contributed by atoms with Gasteiger partial charge in [-0.1, -0.05) is 29.3 Å².